The van der Waals surface area contributed by atoms with Gasteiger partial charge in [0.1, 0.15) is 0 Å². The molecule has 0 bridgehead atoms. The zero-order chi connectivity index (χ0) is 9.26. The Bertz CT molecular complexity index is 476. The number of benzene rings is 1. The largest absolute Gasteiger partial charge is 0.415 e. The molecule has 14 heavy (non-hydrogen) atoms. The average Bonchev–Trinajstić information content (AvgIpc) is 2.60. The molecule has 3 nitrogen and oxygen atoms in total. The summed E-state index contributed by atoms with van der Waals surface area (Å²) in [6, 6.07) is 7.31. The molecule has 0 saturated carbocycles. The van der Waals surface area contributed by atoms with E-state index in [1.807, 2.05) is 18.2 Å². The molecule has 1 heterocycles. The third-order valence-electron chi connectivity index (χ3n) is 1.93. The molecular formula is C10H6NO2Y-. The van der Waals surface area contributed by atoms with Crippen molar-refractivity contribution in [2.24, 2.45) is 0 Å². The molecule has 4 heteroatoms. The van der Waals surface area contributed by atoms with Crippen LogP contribution in [0.3, 0.4) is 0 Å². The first-order valence-electron chi connectivity index (χ1n) is 3.81. The van der Waals surface area contributed by atoms with Gasteiger partial charge in [0, 0.05) is 44.5 Å². The van der Waals surface area contributed by atoms with Crippen molar-refractivity contribution >= 4 is 23.0 Å². The van der Waals surface area contributed by atoms with Crippen LogP contribution in [0.25, 0.3) is 10.9 Å². The van der Waals surface area contributed by atoms with E-state index in [4.69, 9.17) is 0 Å². The predicted octanol–water partition coefficient (Wildman–Crippen LogP) is 1.46. The van der Waals surface area contributed by atoms with E-state index in [0.717, 1.165) is 10.9 Å². The monoisotopic (exact) mass is 261 g/mol. The van der Waals surface area contributed by atoms with E-state index in [1.54, 1.807) is 6.07 Å². The van der Waals surface area contributed by atoms with Gasteiger partial charge < -0.3 is 14.6 Å². The fourth-order valence-corrected chi connectivity index (χ4v) is 1.31. The van der Waals surface area contributed by atoms with Gasteiger partial charge in [-0.15, -0.1) is 5.56 Å². The van der Waals surface area contributed by atoms with Crippen LogP contribution in [0.1, 0.15) is 10.4 Å². The van der Waals surface area contributed by atoms with E-state index in [-0.39, 0.29) is 32.7 Å². The predicted molar refractivity (Wildman–Crippen MR) is 48.3 cm³/mol. The SMILES string of the molecule is O=[C-]C(=O)c1c[nH]c2ccccc12.[Y]. The number of carbonyl (C=O) groups excluding carboxylic acids is 2. The minimum absolute atomic E-state index is 0. The molecule has 2 rings (SSSR count). The number of carbonyl (C=O) groups is 1. The van der Waals surface area contributed by atoms with Gasteiger partial charge in [-0.2, -0.15) is 0 Å². The van der Waals surface area contributed by atoms with Gasteiger partial charge in [0.05, 0.1) is 5.78 Å². The van der Waals surface area contributed by atoms with E-state index in [0.29, 0.717) is 5.56 Å². The number of para-hydroxylation sites is 1. The normalized spacial score (nSPS) is 9.43. The second-order valence-corrected chi connectivity index (χ2v) is 2.68. The number of H-pyrrole nitrogens is 1. The first-order valence-corrected chi connectivity index (χ1v) is 3.81. The average molecular weight is 261 g/mol. The summed E-state index contributed by atoms with van der Waals surface area (Å²) in [6.45, 7) is 0. The molecule has 1 aromatic carbocycles. The van der Waals surface area contributed by atoms with Crippen LogP contribution in [0.4, 0.5) is 0 Å². The van der Waals surface area contributed by atoms with Crippen LogP contribution >= 0.6 is 0 Å². The second kappa shape index (κ2) is 4.62. The Morgan fingerprint density at radius 2 is 2.00 bits per heavy atom. The number of fused-ring (bicyclic) bond motifs is 1. The fourth-order valence-electron chi connectivity index (χ4n) is 1.31. The quantitative estimate of drug-likeness (QED) is 0.505. The van der Waals surface area contributed by atoms with E-state index in [9.17, 15) is 9.59 Å². The maximum atomic E-state index is 11.0. The van der Waals surface area contributed by atoms with Crippen molar-refractivity contribution in [3.63, 3.8) is 0 Å². The molecule has 1 N–H and O–H groups in total. The molecule has 1 aromatic heterocycles. The van der Waals surface area contributed by atoms with Gasteiger partial charge in [0.2, 0.25) is 0 Å². The summed E-state index contributed by atoms with van der Waals surface area (Å²) >= 11 is 0. The van der Waals surface area contributed by atoms with Crippen molar-refractivity contribution in [1.82, 2.24) is 4.98 Å². The summed E-state index contributed by atoms with van der Waals surface area (Å²) < 4.78 is 0. The van der Waals surface area contributed by atoms with Crippen LogP contribution in [-0.2, 0) is 37.5 Å². The Morgan fingerprint density at radius 3 is 2.71 bits per heavy atom. The number of nitrogens with one attached hydrogen (secondary N) is 1. The Balaban J connectivity index is 0.000000980. The summed E-state index contributed by atoms with van der Waals surface area (Å²) in [5.41, 5.74) is 1.23. The molecule has 0 spiro atoms. The molecule has 0 saturated heterocycles. The molecule has 1 radical (unpaired) electrons. The van der Waals surface area contributed by atoms with E-state index >= 15 is 0 Å². The number of ketones is 1. The first-order chi connectivity index (χ1) is 6.33. The number of Topliss-reactive ketones (excluding diaryl/α,β-unsaturated/α-hetero) is 1. The Morgan fingerprint density at radius 1 is 1.29 bits per heavy atom. The fraction of sp³-hybridized carbons (Fsp3) is 0. The minimum Gasteiger partial charge on any atom is -0.415 e. The summed E-state index contributed by atoms with van der Waals surface area (Å²) in [5.74, 6) is -0.613. The van der Waals surface area contributed by atoms with Crippen LogP contribution in [0, 0.1) is 0 Å². The maximum Gasteiger partial charge on any atom is 0.0605 e. The molecule has 2 aromatic rings. The minimum atomic E-state index is -0.613. The van der Waals surface area contributed by atoms with Gasteiger partial charge in [0.15, 0.2) is 0 Å². The smallest absolute Gasteiger partial charge is 0.0605 e. The van der Waals surface area contributed by atoms with Gasteiger partial charge in [-0.05, 0) is 6.07 Å². The summed E-state index contributed by atoms with van der Waals surface area (Å²) in [7, 11) is 0. The molecule has 0 aliphatic carbocycles. The topological polar surface area (TPSA) is 49.9 Å². The van der Waals surface area contributed by atoms with Crippen LogP contribution in [0.5, 0.6) is 0 Å². The second-order valence-electron chi connectivity index (χ2n) is 2.68. The van der Waals surface area contributed by atoms with E-state index in [2.05, 4.69) is 4.98 Å². The van der Waals surface area contributed by atoms with Gasteiger partial charge in [-0.3, -0.25) is 0 Å². The summed E-state index contributed by atoms with van der Waals surface area (Å²) in [4.78, 5) is 24.1. The van der Waals surface area contributed by atoms with Crippen molar-refractivity contribution in [3.05, 3.63) is 36.0 Å². The molecule has 0 atom stereocenters. The number of hydrogen-bond acceptors (Lipinski definition) is 2. The number of rotatable bonds is 2. The molecule has 67 valence electrons. The number of aromatic amines is 1. The zero-order valence-corrected chi connectivity index (χ0v) is 10.1. The first kappa shape index (κ1) is 11.3. The van der Waals surface area contributed by atoms with Crippen molar-refractivity contribution in [1.29, 1.82) is 0 Å². The number of aromatic nitrogens is 1. The van der Waals surface area contributed by atoms with Gasteiger partial charge in [-0.25, -0.2) is 0 Å². The standard InChI is InChI=1S/C10H6NO2.Y/c12-6-10(13)8-5-11-9-4-2-1-3-7(8)9;/h1-5,11H;/q-1;. The molecule has 0 aliphatic heterocycles. The third-order valence-corrected chi connectivity index (χ3v) is 1.93. The molecule has 0 aliphatic rings. The molecule has 0 fully saturated rings. The molecule has 0 amide bonds. The van der Waals surface area contributed by atoms with E-state index < -0.39 is 5.78 Å². The van der Waals surface area contributed by atoms with E-state index in [1.165, 1.54) is 12.5 Å². The van der Waals surface area contributed by atoms with Crippen LogP contribution in [0.2, 0.25) is 0 Å². The van der Waals surface area contributed by atoms with Gasteiger partial charge >= 0.3 is 0 Å². The Labute approximate surface area is 106 Å². The molecular weight excluding hydrogens is 255 g/mol. The molecule has 0 unspecified atom stereocenters. The number of hydrogen-bond donors (Lipinski definition) is 1. The summed E-state index contributed by atoms with van der Waals surface area (Å²) in [5, 5.41) is 0.760. The van der Waals surface area contributed by atoms with Crippen molar-refractivity contribution in [2.45, 2.75) is 0 Å². The Hall–Kier alpha value is -0.796. The van der Waals surface area contributed by atoms with Gasteiger partial charge in [-0.1, -0.05) is 29.8 Å². The van der Waals surface area contributed by atoms with Gasteiger partial charge in [0.25, 0.3) is 0 Å². The van der Waals surface area contributed by atoms with Crippen molar-refractivity contribution in [2.75, 3.05) is 0 Å². The van der Waals surface area contributed by atoms with Crippen molar-refractivity contribution < 1.29 is 42.3 Å². The zero-order valence-electron chi connectivity index (χ0n) is 7.28. The Kier molecular flexibility index (Phi) is 3.72. The third kappa shape index (κ3) is 1.84. The maximum absolute atomic E-state index is 11.0. The van der Waals surface area contributed by atoms with Crippen LogP contribution in [-0.4, -0.2) is 17.1 Å². The van der Waals surface area contributed by atoms with Crippen LogP contribution < -0.4 is 0 Å². The van der Waals surface area contributed by atoms with Crippen molar-refractivity contribution in [3.8, 4) is 0 Å². The van der Waals surface area contributed by atoms with Crippen LogP contribution in [0.15, 0.2) is 30.5 Å². The summed E-state index contributed by atoms with van der Waals surface area (Å²) in [6.07, 6.45) is 2.88.